The van der Waals surface area contributed by atoms with Crippen LogP contribution in [0.3, 0.4) is 0 Å². The predicted molar refractivity (Wildman–Crippen MR) is 99.8 cm³/mol. The van der Waals surface area contributed by atoms with Gasteiger partial charge >= 0.3 is 5.97 Å². The maximum absolute atomic E-state index is 12.2. The maximum atomic E-state index is 12.2. The van der Waals surface area contributed by atoms with Gasteiger partial charge in [-0.05, 0) is 49.2 Å². The molecule has 2 N–H and O–H groups in total. The fourth-order valence-electron chi connectivity index (χ4n) is 2.27. The van der Waals surface area contributed by atoms with E-state index in [9.17, 15) is 14.4 Å². The lowest BCUT2D eigenvalue weighted by Gasteiger charge is -2.11. The first kappa shape index (κ1) is 20.3. The molecule has 0 bridgehead atoms. The number of nitrogens with one attached hydrogen (secondary N) is 2. The highest BCUT2D eigenvalue weighted by Crippen LogP contribution is 2.22. The number of hydrogen-bond donors (Lipinski definition) is 2. The molecule has 0 aromatic heterocycles. The Labute approximate surface area is 161 Å². The van der Waals surface area contributed by atoms with E-state index in [4.69, 9.17) is 21.1 Å². The van der Waals surface area contributed by atoms with Crippen molar-refractivity contribution in [1.29, 1.82) is 0 Å². The predicted octanol–water partition coefficient (Wildman–Crippen LogP) is 2.58. The number of hydrazine groups is 1. The number of methoxy groups -OCH3 is 1. The molecular formula is C19H19ClN2O5. The van der Waals surface area contributed by atoms with E-state index in [1.807, 2.05) is 13.0 Å². The standard InChI is InChI=1S/C19H19ClN2O5/c1-11-5-4-6-14(12(11)2)19(25)27-10-17(23)21-22-18(24)15-9-13(20)7-8-16(15)26-3/h4-9H,10H2,1-3H3,(H,21,23)(H,22,24). The molecule has 2 aromatic carbocycles. The van der Waals surface area contributed by atoms with Crippen molar-refractivity contribution in [3.63, 3.8) is 0 Å². The molecule has 27 heavy (non-hydrogen) atoms. The highest BCUT2D eigenvalue weighted by atomic mass is 35.5. The molecule has 0 spiro atoms. The van der Waals surface area contributed by atoms with Gasteiger partial charge in [-0.15, -0.1) is 0 Å². The Kier molecular flexibility index (Phi) is 6.79. The normalized spacial score (nSPS) is 10.1. The summed E-state index contributed by atoms with van der Waals surface area (Å²) in [7, 11) is 1.41. The summed E-state index contributed by atoms with van der Waals surface area (Å²) in [5.74, 6) is -1.63. The largest absolute Gasteiger partial charge is 0.496 e. The molecule has 0 atom stereocenters. The van der Waals surface area contributed by atoms with Crippen LogP contribution in [0.15, 0.2) is 36.4 Å². The second-order valence-corrected chi connectivity index (χ2v) is 6.11. The van der Waals surface area contributed by atoms with Crippen molar-refractivity contribution >= 4 is 29.4 Å². The van der Waals surface area contributed by atoms with Crippen LogP contribution in [0, 0.1) is 13.8 Å². The van der Waals surface area contributed by atoms with Gasteiger partial charge in [0.05, 0.1) is 18.2 Å². The van der Waals surface area contributed by atoms with E-state index in [-0.39, 0.29) is 5.56 Å². The monoisotopic (exact) mass is 390 g/mol. The quantitative estimate of drug-likeness (QED) is 0.604. The lowest BCUT2D eigenvalue weighted by Crippen LogP contribution is -2.43. The van der Waals surface area contributed by atoms with Gasteiger partial charge < -0.3 is 9.47 Å². The molecule has 0 heterocycles. The number of halogens is 1. The number of carbonyl (C=O) groups excluding carboxylic acids is 3. The summed E-state index contributed by atoms with van der Waals surface area (Å²) in [6, 6.07) is 9.74. The number of ether oxygens (including phenoxy) is 2. The van der Waals surface area contributed by atoms with Gasteiger partial charge in [0.15, 0.2) is 6.61 Å². The van der Waals surface area contributed by atoms with Crippen molar-refractivity contribution in [3.05, 3.63) is 63.7 Å². The number of amides is 2. The van der Waals surface area contributed by atoms with Crippen molar-refractivity contribution in [2.24, 2.45) is 0 Å². The molecular weight excluding hydrogens is 372 g/mol. The maximum Gasteiger partial charge on any atom is 0.338 e. The van der Waals surface area contributed by atoms with Gasteiger partial charge in [0.25, 0.3) is 11.8 Å². The Hall–Kier alpha value is -3.06. The lowest BCUT2D eigenvalue weighted by molar-refractivity contribution is -0.125. The highest BCUT2D eigenvalue weighted by molar-refractivity contribution is 6.31. The van der Waals surface area contributed by atoms with Gasteiger partial charge in [-0.3, -0.25) is 20.4 Å². The second kappa shape index (κ2) is 9.05. The van der Waals surface area contributed by atoms with Crippen molar-refractivity contribution in [3.8, 4) is 5.75 Å². The molecule has 0 aliphatic heterocycles. The molecule has 0 aliphatic carbocycles. The summed E-state index contributed by atoms with van der Waals surface area (Å²) in [4.78, 5) is 36.1. The molecule has 142 valence electrons. The van der Waals surface area contributed by atoms with E-state index in [1.165, 1.54) is 19.2 Å². The van der Waals surface area contributed by atoms with Crippen LogP contribution in [0.1, 0.15) is 31.8 Å². The van der Waals surface area contributed by atoms with Gasteiger partial charge in [-0.2, -0.15) is 0 Å². The Bertz CT molecular complexity index is 882. The SMILES string of the molecule is COc1ccc(Cl)cc1C(=O)NNC(=O)COC(=O)c1cccc(C)c1C. The molecule has 2 aromatic rings. The van der Waals surface area contributed by atoms with Gasteiger partial charge in [0.2, 0.25) is 0 Å². The Morgan fingerprint density at radius 1 is 1.04 bits per heavy atom. The van der Waals surface area contributed by atoms with Gasteiger partial charge in [0.1, 0.15) is 5.75 Å². The fraction of sp³-hybridized carbons (Fsp3) is 0.211. The van der Waals surface area contributed by atoms with E-state index in [1.54, 1.807) is 25.1 Å². The van der Waals surface area contributed by atoms with E-state index in [0.717, 1.165) is 11.1 Å². The average molecular weight is 391 g/mol. The first-order chi connectivity index (χ1) is 12.8. The van der Waals surface area contributed by atoms with Crippen LogP contribution in [0.25, 0.3) is 0 Å². The summed E-state index contributed by atoms with van der Waals surface area (Å²) in [5, 5.41) is 0.342. The summed E-state index contributed by atoms with van der Waals surface area (Å²) in [6.45, 7) is 3.13. The van der Waals surface area contributed by atoms with Crippen molar-refractivity contribution in [2.75, 3.05) is 13.7 Å². The summed E-state index contributed by atoms with van der Waals surface area (Å²) in [6.07, 6.45) is 0. The smallest absolute Gasteiger partial charge is 0.338 e. The van der Waals surface area contributed by atoms with E-state index >= 15 is 0 Å². The minimum atomic E-state index is -0.692. The van der Waals surface area contributed by atoms with E-state index in [2.05, 4.69) is 10.9 Å². The molecule has 0 aliphatic rings. The molecule has 8 heteroatoms. The Balaban J connectivity index is 1.89. The summed E-state index contributed by atoms with van der Waals surface area (Å²) < 4.78 is 10.1. The molecule has 0 fully saturated rings. The average Bonchev–Trinajstić information content (AvgIpc) is 2.66. The number of benzene rings is 2. The molecule has 2 rings (SSSR count). The van der Waals surface area contributed by atoms with Crippen LogP contribution in [-0.4, -0.2) is 31.5 Å². The van der Waals surface area contributed by atoms with Crippen molar-refractivity contribution in [2.45, 2.75) is 13.8 Å². The Morgan fingerprint density at radius 3 is 2.48 bits per heavy atom. The number of aryl methyl sites for hydroxylation is 1. The molecule has 0 saturated carbocycles. The molecule has 0 saturated heterocycles. The minimum Gasteiger partial charge on any atom is -0.496 e. The molecule has 0 radical (unpaired) electrons. The third kappa shape index (κ3) is 5.21. The number of hydrogen-bond acceptors (Lipinski definition) is 5. The van der Waals surface area contributed by atoms with E-state index in [0.29, 0.717) is 16.3 Å². The third-order valence-electron chi connectivity index (χ3n) is 3.88. The third-order valence-corrected chi connectivity index (χ3v) is 4.12. The van der Waals surface area contributed by atoms with Crippen LogP contribution in [0.5, 0.6) is 5.75 Å². The van der Waals surface area contributed by atoms with Crippen LogP contribution in [0.4, 0.5) is 0 Å². The highest BCUT2D eigenvalue weighted by Gasteiger charge is 2.16. The van der Waals surface area contributed by atoms with Crippen LogP contribution in [-0.2, 0) is 9.53 Å². The van der Waals surface area contributed by atoms with Crippen molar-refractivity contribution in [1.82, 2.24) is 10.9 Å². The zero-order valence-corrected chi connectivity index (χ0v) is 15.8. The summed E-state index contributed by atoms with van der Waals surface area (Å²) >= 11 is 5.87. The second-order valence-electron chi connectivity index (χ2n) is 5.67. The minimum absolute atomic E-state index is 0.151. The number of esters is 1. The first-order valence-electron chi connectivity index (χ1n) is 7.99. The summed E-state index contributed by atoms with van der Waals surface area (Å²) in [5.41, 5.74) is 6.64. The number of rotatable bonds is 5. The van der Waals surface area contributed by atoms with Gasteiger partial charge in [0, 0.05) is 5.02 Å². The van der Waals surface area contributed by atoms with Crippen molar-refractivity contribution < 1.29 is 23.9 Å². The van der Waals surface area contributed by atoms with E-state index < -0.39 is 24.4 Å². The van der Waals surface area contributed by atoms with Crippen LogP contribution in [0.2, 0.25) is 5.02 Å². The molecule has 0 unspecified atom stereocenters. The van der Waals surface area contributed by atoms with Crippen LogP contribution >= 0.6 is 11.6 Å². The zero-order chi connectivity index (χ0) is 20.0. The van der Waals surface area contributed by atoms with Crippen LogP contribution < -0.4 is 15.6 Å². The van der Waals surface area contributed by atoms with Gasteiger partial charge in [-0.25, -0.2) is 4.79 Å². The fourth-order valence-corrected chi connectivity index (χ4v) is 2.44. The first-order valence-corrected chi connectivity index (χ1v) is 8.37. The Morgan fingerprint density at radius 2 is 1.78 bits per heavy atom. The molecule has 7 nitrogen and oxygen atoms in total. The van der Waals surface area contributed by atoms with Gasteiger partial charge in [-0.1, -0.05) is 23.7 Å². The lowest BCUT2D eigenvalue weighted by atomic mass is 10.0. The molecule has 2 amide bonds. The zero-order valence-electron chi connectivity index (χ0n) is 15.1. The number of carbonyl (C=O) groups is 3. The topological polar surface area (TPSA) is 93.7 Å².